The second-order valence-electron chi connectivity index (χ2n) is 5.87. The number of para-hydroxylation sites is 1. The fraction of sp³-hybridized carbons (Fsp3) is 0.444. The van der Waals surface area contributed by atoms with Crippen LogP contribution >= 0.6 is 0 Å². The Balaban J connectivity index is 1.66. The smallest absolute Gasteiger partial charge is 0.227 e. The number of aromatic nitrogens is 2. The molecule has 0 bridgehead atoms. The zero-order chi connectivity index (χ0) is 16.1. The Bertz CT molecular complexity index is 639. The summed E-state index contributed by atoms with van der Waals surface area (Å²) in [4.78, 5) is 22.2. The van der Waals surface area contributed by atoms with E-state index in [1.54, 1.807) is 6.20 Å². The van der Waals surface area contributed by atoms with Crippen LogP contribution < -0.4 is 4.74 Å². The lowest BCUT2D eigenvalue weighted by Gasteiger charge is -2.32. The number of H-pyrrole nitrogens is 1. The van der Waals surface area contributed by atoms with Gasteiger partial charge < -0.3 is 14.6 Å². The number of hydrogen-bond donors (Lipinski definition) is 1. The summed E-state index contributed by atoms with van der Waals surface area (Å²) >= 11 is 0. The third kappa shape index (κ3) is 3.73. The van der Waals surface area contributed by atoms with Crippen molar-refractivity contribution in [1.29, 1.82) is 0 Å². The number of ether oxygens (including phenoxy) is 1. The SMILES string of the molecule is CCOc1ccccc1CC(=O)N1CCC[C@H](c2ncc[nH]2)C1. The minimum absolute atomic E-state index is 0.161. The Morgan fingerprint density at radius 3 is 3.09 bits per heavy atom. The van der Waals surface area contributed by atoms with Crippen molar-refractivity contribution in [2.45, 2.75) is 32.1 Å². The maximum atomic E-state index is 12.7. The Kier molecular flexibility index (Phi) is 4.95. The molecule has 0 unspecified atom stereocenters. The van der Waals surface area contributed by atoms with Gasteiger partial charge in [-0.05, 0) is 25.8 Å². The number of amides is 1. The molecule has 3 rings (SSSR count). The minimum atomic E-state index is 0.161. The van der Waals surface area contributed by atoms with Crippen molar-refractivity contribution in [1.82, 2.24) is 14.9 Å². The van der Waals surface area contributed by atoms with E-state index in [1.807, 2.05) is 42.3 Å². The Morgan fingerprint density at radius 1 is 1.43 bits per heavy atom. The van der Waals surface area contributed by atoms with E-state index in [9.17, 15) is 4.79 Å². The van der Waals surface area contributed by atoms with Gasteiger partial charge in [0.2, 0.25) is 5.91 Å². The van der Waals surface area contributed by atoms with Gasteiger partial charge in [0.05, 0.1) is 13.0 Å². The normalized spacial score (nSPS) is 18.0. The Hall–Kier alpha value is -2.30. The number of likely N-dealkylation sites (tertiary alicyclic amines) is 1. The zero-order valence-corrected chi connectivity index (χ0v) is 13.5. The van der Waals surface area contributed by atoms with E-state index in [1.165, 1.54) is 0 Å². The molecular formula is C18H23N3O2. The standard InChI is InChI=1S/C18H23N3O2/c1-2-23-16-8-4-3-6-14(16)12-17(22)21-11-5-7-15(13-21)18-19-9-10-20-18/h3-4,6,8-10,15H,2,5,7,11-13H2,1H3,(H,19,20)/t15-/m0/s1. The fourth-order valence-electron chi connectivity index (χ4n) is 3.15. The fourth-order valence-corrected chi connectivity index (χ4v) is 3.15. The molecule has 1 aliphatic heterocycles. The van der Waals surface area contributed by atoms with Crippen molar-refractivity contribution >= 4 is 5.91 Å². The van der Waals surface area contributed by atoms with Gasteiger partial charge in [0.25, 0.3) is 0 Å². The average Bonchev–Trinajstić information content (AvgIpc) is 3.11. The summed E-state index contributed by atoms with van der Waals surface area (Å²) in [5, 5.41) is 0. The van der Waals surface area contributed by atoms with Crippen molar-refractivity contribution in [2.75, 3.05) is 19.7 Å². The van der Waals surface area contributed by atoms with Crippen LogP contribution in [-0.2, 0) is 11.2 Å². The monoisotopic (exact) mass is 313 g/mol. The predicted molar refractivity (Wildman–Crippen MR) is 88.5 cm³/mol. The summed E-state index contributed by atoms with van der Waals surface area (Å²) in [6, 6.07) is 7.78. The number of imidazole rings is 1. The van der Waals surface area contributed by atoms with Gasteiger partial charge in [-0.2, -0.15) is 0 Å². The number of hydrogen-bond acceptors (Lipinski definition) is 3. The lowest BCUT2D eigenvalue weighted by molar-refractivity contribution is -0.131. The van der Waals surface area contributed by atoms with Crippen LogP contribution in [0.4, 0.5) is 0 Å². The third-order valence-electron chi connectivity index (χ3n) is 4.29. The van der Waals surface area contributed by atoms with Crippen LogP contribution in [0, 0.1) is 0 Å². The van der Waals surface area contributed by atoms with Crippen LogP contribution in [-0.4, -0.2) is 40.5 Å². The highest BCUT2D eigenvalue weighted by Crippen LogP contribution is 2.26. The van der Waals surface area contributed by atoms with Gasteiger partial charge in [-0.25, -0.2) is 4.98 Å². The van der Waals surface area contributed by atoms with Crippen molar-refractivity contribution in [3.8, 4) is 5.75 Å². The molecule has 1 aromatic carbocycles. The summed E-state index contributed by atoms with van der Waals surface area (Å²) in [6.07, 6.45) is 6.10. The van der Waals surface area contributed by atoms with Crippen LogP contribution in [0.3, 0.4) is 0 Å². The molecule has 1 fully saturated rings. The second kappa shape index (κ2) is 7.31. The first-order valence-electron chi connectivity index (χ1n) is 8.25. The van der Waals surface area contributed by atoms with E-state index in [0.717, 1.165) is 43.1 Å². The second-order valence-corrected chi connectivity index (χ2v) is 5.87. The van der Waals surface area contributed by atoms with E-state index >= 15 is 0 Å². The first-order valence-corrected chi connectivity index (χ1v) is 8.25. The van der Waals surface area contributed by atoms with Crippen LogP contribution in [0.15, 0.2) is 36.7 Å². The number of carbonyl (C=O) groups excluding carboxylic acids is 1. The van der Waals surface area contributed by atoms with E-state index in [-0.39, 0.29) is 5.91 Å². The first kappa shape index (κ1) is 15.6. The van der Waals surface area contributed by atoms with Gasteiger partial charge in [-0.3, -0.25) is 4.79 Å². The number of carbonyl (C=O) groups is 1. The molecule has 1 atom stereocenters. The lowest BCUT2D eigenvalue weighted by atomic mass is 9.96. The lowest BCUT2D eigenvalue weighted by Crippen LogP contribution is -2.40. The molecular weight excluding hydrogens is 290 g/mol. The molecule has 1 aromatic heterocycles. The van der Waals surface area contributed by atoms with E-state index in [2.05, 4.69) is 9.97 Å². The Labute approximate surface area is 136 Å². The highest BCUT2D eigenvalue weighted by atomic mass is 16.5. The molecule has 0 radical (unpaired) electrons. The summed E-state index contributed by atoms with van der Waals surface area (Å²) in [6.45, 7) is 4.13. The average molecular weight is 313 g/mol. The summed E-state index contributed by atoms with van der Waals surface area (Å²) in [5.41, 5.74) is 0.958. The number of piperidine rings is 1. The first-order chi connectivity index (χ1) is 11.3. The highest BCUT2D eigenvalue weighted by molar-refractivity contribution is 5.79. The maximum Gasteiger partial charge on any atom is 0.227 e. The molecule has 0 aliphatic carbocycles. The largest absolute Gasteiger partial charge is 0.494 e. The van der Waals surface area contributed by atoms with E-state index in [4.69, 9.17) is 4.74 Å². The molecule has 1 amide bonds. The molecule has 5 heteroatoms. The summed E-state index contributed by atoms with van der Waals surface area (Å²) in [7, 11) is 0. The Morgan fingerprint density at radius 2 is 2.30 bits per heavy atom. The third-order valence-corrected chi connectivity index (χ3v) is 4.29. The van der Waals surface area contributed by atoms with Crippen molar-refractivity contribution in [2.24, 2.45) is 0 Å². The highest BCUT2D eigenvalue weighted by Gasteiger charge is 2.26. The van der Waals surface area contributed by atoms with Crippen LogP contribution in [0.1, 0.15) is 37.1 Å². The number of nitrogens with zero attached hydrogens (tertiary/aromatic N) is 2. The molecule has 23 heavy (non-hydrogen) atoms. The van der Waals surface area contributed by atoms with Gasteiger partial charge in [0, 0.05) is 37.0 Å². The zero-order valence-electron chi connectivity index (χ0n) is 13.5. The van der Waals surface area contributed by atoms with E-state index in [0.29, 0.717) is 18.9 Å². The van der Waals surface area contributed by atoms with Crippen molar-refractivity contribution in [3.05, 3.63) is 48.0 Å². The number of benzene rings is 1. The molecule has 122 valence electrons. The molecule has 1 aliphatic rings. The summed E-state index contributed by atoms with van der Waals surface area (Å²) < 4.78 is 5.62. The van der Waals surface area contributed by atoms with Gasteiger partial charge in [0.15, 0.2) is 0 Å². The van der Waals surface area contributed by atoms with Gasteiger partial charge in [0.1, 0.15) is 11.6 Å². The van der Waals surface area contributed by atoms with Crippen LogP contribution in [0.5, 0.6) is 5.75 Å². The molecule has 0 saturated carbocycles. The quantitative estimate of drug-likeness (QED) is 0.923. The van der Waals surface area contributed by atoms with Crippen LogP contribution in [0.25, 0.3) is 0 Å². The van der Waals surface area contributed by atoms with Gasteiger partial charge in [-0.1, -0.05) is 18.2 Å². The van der Waals surface area contributed by atoms with E-state index < -0.39 is 0 Å². The van der Waals surface area contributed by atoms with Crippen molar-refractivity contribution < 1.29 is 9.53 Å². The van der Waals surface area contributed by atoms with Gasteiger partial charge >= 0.3 is 0 Å². The number of rotatable bonds is 5. The summed E-state index contributed by atoms with van der Waals surface area (Å²) in [5.74, 6) is 2.26. The minimum Gasteiger partial charge on any atom is -0.494 e. The van der Waals surface area contributed by atoms with Crippen LogP contribution in [0.2, 0.25) is 0 Å². The molecule has 2 heterocycles. The molecule has 1 N–H and O–H groups in total. The predicted octanol–water partition coefficient (Wildman–Crippen LogP) is 2.76. The topological polar surface area (TPSA) is 58.2 Å². The number of aromatic amines is 1. The number of nitrogens with one attached hydrogen (secondary N) is 1. The molecule has 2 aromatic rings. The molecule has 1 saturated heterocycles. The molecule has 0 spiro atoms. The molecule has 5 nitrogen and oxygen atoms in total. The van der Waals surface area contributed by atoms with Gasteiger partial charge in [-0.15, -0.1) is 0 Å². The maximum absolute atomic E-state index is 12.7. The van der Waals surface area contributed by atoms with Crippen molar-refractivity contribution in [3.63, 3.8) is 0 Å².